The van der Waals surface area contributed by atoms with Crippen LogP contribution in [0.3, 0.4) is 0 Å². The predicted octanol–water partition coefficient (Wildman–Crippen LogP) is 3.34. The van der Waals surface area contributed by atoms with Crippen LogP contribution in [-0.2, 0) is 20.0 Å². The van der Waals surface area contributed by atoms with Gasteiger partial charge in [-0.1, -0.05) is 12.1 Å². The zero-order chi connectivity index (χ0) is 26.4. The van der Waals surface area contributed by atoms with Crippen molar-refractivity contribution in [3.05, 3.63) is 71.5 Å². The largest absolute Gasteiger partial charge is 0.495 e. The molecule has 1 aliphatic heterocycles. The summed E-state index contributed by atoms with van der Waals surface area (Å²) in [6.45, 7) is 0.611. The SMILES string of the molecule is COc1cccc2cc(-c3nc4cc5c(cc4n3C)CCN(C[C@H](N)CF)C5=O)n(Cc3ccnnc3)c12. The number of aromatic nitrogens is 5. The molecule has 0 unspecified atom stereocenters. The third kappa shape index (κ3) is 3.97. The Bertz CT molecular complexity index is 1660. The second-order valence-corrected chi connectivity index (χ2v) is 9.67. The Hall–Kier alpha value is -4.31. The molecule has 4 heterocycles. The van der Waals surface area contributed by atoms with Crippen molar-refractivity contribution in [1.29, 1.82) is 0 Å². The highest BCUT2D eigenvalue weighted by atomic mass is 19.1. The number of halogens is 1. The Balaban J connectivity index is 1.49. The molecule has 0 fully saturated rings. The van der Waals surface area contributed by atoms with Crippen LogP contribution < -0.4 is 10.5 Å². The van der Waals surface area contributed by atoms with E-state index in [0.29, 0.717) is 25.1 Å². The van der Waals surface area contributed by atoms with E-state index in [9.17, 15) is 9.18 Å². The van der Waals surface area contributed by atoms with Crippen LogP contribution >= 0.6 is 0 Å². The summed E-state index contributed by atoms with van der Waals surface area (Å²) in [5.41, 5.74) is 11.9. The van der Waals surface area contributed by atoms with E-state index in [2.05, 4.69) is 31.5 Å². The van der Waals surface area contributed by atoms with E-state index in [4.69, 9.17) is 15.5 Å². The van der Waals surface area contributed by atoms with E-state index in [0.717, 1.165) is 50.3 Å². The van der Waals surface area contributed by atoms with Crippen LogP contribution in [0.4, 0.5) is 4.39 Å². The smallest absolute Gasteiger partial charge is 0.254 e. The minimum Gasteiger partial charge on any atom is -0.495 e. The van der Waals surface area contributed by atoms with Gasteiger partial charge in [-0.05, 0) is 47.9 Å². The second-order valence-electron chi connectivity index (χ2n) is 9.67. The van der Waals surface area contributed by atoms with Gasteiger partial charge in [-0.2, -0.15) is 10.2 Å². The van der Waals surface area contributed by atoms with E-state index >= 15 is 0 Å². The number of carbonyl (C=O) groups is 1. The number of para-hydroxylation sites is 1. The lowest BCUT2D eigenvalue weighted by atomic mass is 9.97. The van der Waals surface area contributed by atoms with Gasteiger partial charge in [0.15, 0.2) is 5.82 Å². The second kappa shape index (κ2) is 9.53. The Labute approximate surface area is 218 Å². The molecule has 0 bridgehead atoms. The number of hydrogen-bond donors (Lipinski definition) is 1. The number of amides is 1. The molecule has 0 radical (unpaired) electrons. The molecule has 194 valence electrons. The summed E-state index contributed by atoms with van der Waals surface area (Å²) < 4.78 is 22.9. The lowest BCUT2D eigenvalue weighted by molar-refractivity contribution is 0.0725. The van der Waals surface area contributed by atoms with Crippen LogP contribution in [0, 0.1) is 0 Å². The van der Waals surface area contributed by atoms with Crippen molar-refractivity contribution < 1.29 is 13.9 Å². The van der Waals surface area contributed by atoms with Crippen LogP contribution in [0.15, 0.2) is 54.9 Å². The third-order valence-corrected chi connectivity index (χ3v) is 7.25. The summed E-state index contributed by atoms with van der Waals surface area (Å²) in [6.07, 6.45) is 4.11. The molecule has 0 aliphatic carbocycles. The maximum absolute atomic E-state index is 13.2. The van der Waals surface area contributed by atoms with E-state index < -0.39 is 12.7 Å². The number of aryl methyl sites for hydroxylation is 1. The van der Waals surface area contributed by atoms with Gasteiger partial charge in [0.25, 0.3) is 5.91 Å². The van der Waals surface area contributed by atoms with E-state index in [1.54, 1.807) is 24.4 Å². The average molecular weight is 514 g/mol. The first-order valence-corrected chi connectivity index (χ1v) is 12.5. The van der Waals surface area contributed by atoms with E-state index in [1.165, 1.54) is 0 Å². The molecule has 38 heavy (non-hydrogen) atoms. The van der Waals surface area contributed by atoms with Gasteiger partial charge >= 0.3 is 0 Å². The van der Waals surface area contributed by atoms with Gasteiger partial charge in [-0.3, -0.25) is 4.79 Å². The van der Waals surface area contributed by atoms with E-state index in [-0.39, 0.29) is 12.5 Å². The minimum atomic E-state index is -0.680. The molecule has 1 amide bonds. The van der Waals surface area contributed by atoms with Crippen molar-refractivity contribution in [2.45, 2.75) is 19.0 Å². The number of ether oxygens (including phenoxy) is 1. The zero-order valence-electron chi connectivity index (χ0n) is 21.3. The quantitative estimate of drug-likeness (QED) is 0.358. The van der Waals surface area contributed by atoms with Crippen molar-refractivity contribution >= 4 is 27.8 Å². The molecule has 6 rings (SSSR count). The lowest BCUT2D eigenvalue weighted by Crippen LogP contribution is -2.45. The number of rotatable bonds is 7. The molecule has 0 spiro atoms. The van der Waals surface area contributed by atoms with Gasteiger partial charge in [0.2, 0.25) is 0 Å². The summed E-state index contributed by atoms with van der Waals surface area (Å²) in [4.78, 5) is 19.8. The molecule has 9 nitrogen and oxygen atoms in total. The number of nitrogens with two attached hydrogens (primary N) is 1. The molecule has 5 aromatic rings. The highest BCUT2D eigenvalue weighted by Gasteiger charge is 2.28. The monoisotopic (exact) mass is 513 g/mol. The highest BCUT2D eigenvalue weighted by molar-refractivity contribution is 6.01. The van der Waals surface area contributed by atoms with Crippen molar-refractivity contribution in [3.8, 4) is 17.3 Å². The van der Waals surface area contributed by atoms with Gasteiger partial charge in [0, 0.05) is 37.3 Å². The Morgan fingerprint density at radius 3 is 2.82 bits per heavy atom. The molecule has 1 atom stereocenters. The summed E-state index contributed by atoms with van der Waals surface area (Å²) in [6, 6.07) is 13.2. The Kier molecular flexibility index (Phi) is 6.03. The van der Waals surface area contributed by atoms with Crippen LogP contribution in [0.25, 0.3) is 33.5 Å². The molecule has 2 N–H and O–H groups in total. The van der Waals surface area contributed by atoms with Crippen molar-refractivity contribution in [3.63, 3.8) is 0 Å². The Morgan fingerprint density at radius 2 is 2.05 bits per heavy atom. The molecule has 2 aromatic carbocycles. The van der Waals surface area contributed by atoms with Crippen LogP contribution in [0.1, 0.15) is 21.5 Å². The fraction of sp³-hybridized carbons (Fsp3) is 0.286. The topological polar surface area (TPSA) is 104 Å². The van der Waals surface area contributed by atoms with Gasteiger partial charge in [-0.15, -0.1) is 0 Å². The number of fused-ring (bicyclic) bond motifs is 3. The van der Waals surface area contributed by atoms with E-state index in [1.807, 2.05) is 37.4 Å². The zero-order valence-corrected chi connectivity index (χ0v) is 21.3. The fourth-order valence-corrected chi connectivity index (χ4v) is 5.35. The first-order chi connectivity index (χ1) is 18.5. The first-order valence-electron chi connectivity index (χ1n) is 12.5. The fourth-order valence-electron chi connectivity index (χ4n) is 5.35. The number of methoxy groups -OCH3 is 1. The third-order valence-electron chi connectivity index (χ3n) is 7.25. The summed E-state index contributed by atoms with van der Waals surface area (Å²) in [5.74, 6) is 1.40. The number of alkyl halides is 1. The lowest BCUT2D eigenvalue weighted by Gasteiger charge is -2.30. The molecule has 0 saturated heterocycles. The molecular formula is C28H28FN7O2. The summed E-state index contributed by atoms with van der Waals surface area (Å²) in [5, 5.41) is 8.98. The molecular weight excluding hydrogens is 485 g/mol. The highest BCUT2D eigenvalue weighted by Crippen LogP contribution is 2.36. The van der Waals surface area contributed by atoms with Crippen molar-refractivity contribution in [2.75, 3.05) is 26.9 Å². The van der Waals surface area contributed by atoms with Crippen molar-refractivity contribution in [1.82, 2.24) is 29.2 Å². The molecule has 0 saturated carbocycles. The summed E-state index contributed by atoms with van der Waals surface area (Å²) in [7, 11) is 3.65. The van der Waals surface area contributed by atoms with Crippen LogP contribution in [0.5, 0.6) is 5.75 Å². The van der Waals surface area contributed by atoms with Crippen LogP contribution in [0.2, 0.25) is 0 Å². The van der Waals surface area contributed by atoms with Gasteiger partial charge < -0.3 is 24.5 Å². The Morgan fingerprint density at radius 1 is 1.18 bits per heavy atom. The summed E-state index contributed by atoms with van der Waals surface area (Å²) >= 11 is 0. The standard InChI is InChI=1S/C28H28FN7O2/c1-34-23-10-18-7-9-35(16-20(30)13-29)28(37)21(18)12-22(23)33-27(34)24-11-19-4-3-5-25(38-2)26(19)36(24)15-17-6-8-31-32-14-17/h3-6,8,10-12,14,20H,7,9,13,15-16,30H2,1-2H3/t20-/m1/s1. The van der Waals surface area contributed by atoms with Crippen LogP contribution in [-0.4, -0.2) is 68.0 Å². The van der Waals surface area contributed by atoms with Gasteiger partial charge in [-0.25, -0.2) is 9.37 Å². The number of carbonyl (C=O) groups excluding carboxylic acids is 1. The number of imidazole rings is 1. The molecule has 1 aliphatic rings. The maximum atomic E-state index is 13.2. The maximum Gasteiger partial charge on any atom is 0.254 e. The number of hydrogen-bond acceptors (Lipinski definition) is 6. The first kappa shape index (κ1) is 24.1. The molecule has 10 heteroatoms. The average Bonchev–Trinajstić information content (AvgIpc) is 3.46. The predicted molar refractivity (Wildman–Crippen MR) is 143 cm³/mol. The molecule has 3 aromatic heterocycles. The van der Waals surface area contributed by atoms with Crippen molar-refractivity contribution in [2.24, 2.45) is 12.8 Å². The van der Waals surface area contributed by atoms with Gasteiger partial charge in [0.05, 0.1) is 48.1 Å². The van der Waals surface area contributed by atoms with Gasteiger partial charge in [0.1, 0.15) is 12.4 Å². The number of nitrogens with zero attached hydrogens (tertiary/aromatic N) is 6. The normalized spacial score (nSPS) is 14.3. The minimum absolute atomic E-state index is 0.131. The number of benzene rings is 2.